The van der Waals surface area contributed by atoms with Crippen LogP contribution in [-0.2, 0) is 11.0 Å². The van der Waals surface area contributed by atoms with Crippen LogP contribution in [0, 0.1) is 0 Å². The molecule has 0 amide bonds. The number of aromatic hydroxyl groups is 2. The standard InChI is InChI=1S/C17H19O3P/c18-15-10-11-16(19)17(13-15)21(20)12-6-2-5-9-14-7-3-1-4-8-14/h1,3-4,7-8,10-11,13H,2,5-6,9,12H2,(H-,18,19,20)/p+1. The fourth-order valence-corrected chi connectivity index (χ4v) is 3.60. The smallest absolute Gasteiger partial charge is 0.380 e. The van der Waals surface area contributed by atoms with E-state index in [0.29, 0.717) is 11.5 Å². The van der Waals surface area contributed by atoms with Gasteiger partial charge < -0.3 is 10.2 Å². The Balaban J connectivity index is 1.73. The molecular formula is C17H20O3P+. The summed E-state index contributed by atoms with van der Waals surface area (Å²) in [6.45, 7) is 0. The van der Waals surface area contributed by atoms with Gasteiger partial charge in [0.25, 0.3) is 0 Å². The maximum absolute atomic E-state index is 12.1. The third kappa shape index (κ3) is 4.87. The van der Waals surface area contributed by atoms with Gasteiger partial charge in [-0.1, -0.05) is 34.9 Å². The molecular weight excluding hydrogens is 283 g/mol. The first-order valence-electron chi connectivity index (χ1n) is 7.17. The lowest BCUT2D eigenvalue weighted by Gasteiger charge is -1.99. The largest absolute Gasteiger partial charge is 0.508 e. The Hall–Kier alpha value is -1.86. The molecule has 21 heavy (non-hydrogen) atoms. The van der Waals surface area contributed by atoms with Gasteiger partial charge in [0.1, 0.15) is 5.75 Å². The minimum Gasteiger partial charge on any atom is -0.508 e. The summed E-state index contributed by atoms with van der Waals surface area (Å²) in [5.41, 5.74) is 1.33. The molecule has 2 aromatic carbocycles. The zero-order chi connectivity index (χ0) is 15.1. The number of hydrogen-bond donors (Lipinski definition) is 2. The molecule has 0 aliphatic carbocycles. The summed E-state index contributed by atoms with van der Waals surface area (Å²) in [4.78, 5) is 0. The summed E-state index contributed by atoms with van der Waals surface area (Å²) in [6, 6.07) is 14.5. The maximum Gasteiger partial charge on any atom is 0.380 e. The van der Waals surface area contributed by atoms with Gasteiger partial charge >= 0.3 is 7.80 Å². The molecule has 3 nitrogen and oxygen atoms in total. The lowest BCUT2D eigenvalue weighted by atomic mass is 10.1. The van der Waals surface area contributed by atoms with Crippen molar-refractivity contribution < 1.29 is 14.8 Å². The fraction of sp³-hybridized carbons (Fsp3) is 0.294. The molecule has 0 radical (unpaired) electrons. The number of phenols is 2. The molecule has 110 valence electrons. The van der Waals surface area contributed by atoms with Gasteiger partial charge in [0, 0.05) is 6.07 Å². The molecule has 0 spiro atoms. The average molecular weight is 303 g/mol. The third-order valence-electron chi connectivity index (χ3n) is 3.40. The van der Waals surface area contributed by atoms with Crippen LogP contribution in [0.1, 0.15) is 24.8 Å². The molecule has 0 bridgehead atoms. The molecule has 0 aliphatic heterocycles. The normalized spacial score (nSPS) is 11.3. The highest BCUT2D eigenvalue weighted by atomic mass is 31.1. The Labute approximate surface area is 126 Å². The molecule has 0 fully saturated rings. The number of rotatable bonds is 7. The second-order valence-electron chi connectivity index (χ2n) is 5.07. The summed E-state index contributed by atoms with van der Waals surface area (Å²) in [7, 11) is -1.64. The van der Waals surface area contributed by atoms with E-state index in [1.54, 1.807) is 0 Å². The minimum atomic E-state index is -1.64. The van der Waals surface area contributed by atoms with Crippen LogP contribution in [0.2, 0.25) is 0 Å². The fourth-order valence-electron chi connectivity index (χ4n) is 2.24. The number of phenolic OH excluding ortho intramolecular Hbond substituents is 2. The highest BCUT2D eigenvalue weighted by Gasteiger charge is 2.23. The van der Waals surface area contributed by atoms with Gasteiger partial charge in [-0.15, -0.1) is 0 Å². The Morgan fingerprint density at radius 2 is 1.67 bits per heavy atom. The number of hydrogen-bond acceptors (Lipinski definition) is 3. The van der Waals surface area contributed by atoms with Crippen molar-refractivity contribution >= 4 is 13.1 Å². The van der Waals surface area contributed by atoms with E-state index in [1.807, 2.05) is 18.2 Å². The van der Waals surface area contributed by atoms with E-state index in [-0.39, 0.29) is 11.5 Å². The van der Waals surface area contributed by atoms with Crippen LogP contribution in [0.5, 0.6) is 11.5 Å². The van der Waals surface area contributed by atoms with Crippen LogP contribution >= 0.6 is 7.80 Å². The van der Waals surface area contributed by atoms with Gasteiger partial charge in [0.15, 0.2) is 11.9 Å². The molecule has 2 aromatic rings. The molecule has 0 aliphatic rings. The van der Waals surface area contributed by atoms with E-state index in [4.69, 9.17) is 0 Å². The summed E-state index contributed by atoms with van der Waals surface area (Å²) < 4.78 is 12.1. The molecule has 2 rings (SSSR count). The number of benzene rings is 2. The van der Waals surface area contributed by atoms with Gasteiger partial charge in [0.2, 0.25) is 5.30 Å². The summed E-state index contributed by atoms with van der Waals surface area (Å²) >= 11 is 0. The van der Waals surface area contributed by atoms with E-state index in [0.717, 1.165) is 25.7 Å². The third-order valence-corrected chi connectivity index (χ3v) is 5.02. The van der Waals surface area contributed by atoms with Crippen molar-refractivity contribution in [2.24, 2.45) is 0 Å². The van der Waals surface area contributed by atoms with Crippen molar-refractivity contribution in [2.45, 2.75) is 25.7 Å². The van der Waals surface area contributed by atoms with E-state index < -0.39 is 7.80 Å². The molecule has 0 saturated heterocycles. The van der Waals surface area contributed by atoms with E-state index in [1.165, 1.54) is 23.8 Å². The summed E-state index contributed by atoms with van der Waals surface area (Å²) in [5, 5.41) is 19.4. The second kappa shape index (κ2) is 7.80. The SMILES string of the molecule is O=[P+](CCCCCc1ccccc1)c1cc(O)ccc1O. The molecule has 1 atom stereocenters. The van der Waals surface area contributed by atoms with Gasteiger partial charge in [-0.05, 0) is 43.4 Å². The van der Waals surface area contributed by atoms with E-state index >= 15 is 0 Å². The first-order valence-corrected chi connectivity index (χ1v) is 8.62. The van der Waals surface area contributed by atoms with Crippen LogP contribution in [0.25, 0.3) is 0 Å². The van der Waals surface area contributed by atoms with Crippen molar-refractivity contribution in [2.75, 3.05) is 6.16 Å². The lowest BCUT2D eigenvalue weighted by molar-refractivity contribution is 0.463. The number of unbranched alkanes of at least 4 members (excludes halogenated alkanes) is 2. The molecule has 0 saturated carbocycles. The Kier molecular flexibility index (Phi) is 5.77. The summed E-state index contributed by atoms with van der Waals surface area (Å²) in [5.74, 6) is 0.0356. The molecule has 1 unspecified atom stereocenters. The predicted octanol–water partition coefficient (Wildman–Crippen LogP) is 3.96. The van der Waals surface area contributed by atoms with Crippen molar-refractivity contribution in [3.8, 4) is 11.5 Å². The lowest BCUT2D eigenvalue weighted by Crippen LogP contribution is -1.99. The Morgan fingerprint density at radius 1 is 0.905 bits per heavy atom. The second-order valence-corrected chi connectivity index (χ2v) is 6.76. The van der Waals surface area contributed by atoms with Crippen LogP contribution in [0.4, 0.5) is 0 Å². The quantitative estimate of drug-likeness (QED) is 0.462. The van der Waals surface area contributed by atoms with Crippen molar-refractivity contribution in [1.82, 2.24) is 0 Å². The first-order chi connectivity index (χ1) is 10.2. The van der Waals surface area contributed by atoms with Crippen LogP contribution in [-0.4, -0.2) is 16.4 Å². The van der Waals surface area contributed by atoms with Gasteiger partial charge in [-0.3, -0.25) is 0 Å². The van der Waals surface area contributed by atoms with Crippen molar-refractivity contribution in [3.05, 3.63) is 54.1 Å². The van der Waals surface area contributed by atoms with Gasteiger partial charge in [-0.2, -0.15) is 0 Å². The van der Waals surface area contributed by atoms with E-state index in [2.05, 4.69) is 12.1 Å². The van der Waals surface area contributed by atoms with E-state index in [9.17, 15) is 14.8 Å². The molecule has 2 N–H and O–H groups in total. The first kappa shape index (κ1) is 15.5. The molecule has 4 heteroatoms. The maximum atomic E-state index is 12.1. The highest BCUT2D eigenvalue weighted by molar-refractivity contribution is 7.53. The van der Waals surface area contributed by atoms with Crippen molar-refractivity contribution in [3.63, 3.8) is 0 Å². The average Bonchev–Trinajstić information content (AvgIpc) is 2.50. The zero-order valence-electron chi connectivity index (χ0n) is 11.9. The molecule has 0 heterocycles. The topological polar surface area (TPSA) is 57.5 Å². The minimum absolute atomic E-state index is 0.00167. The number of aryl methyl sites for hydroxylation is 1. The van der Waals surface area contributed by atoms with Gasteiger partial charge in [-0.25, -0.2) is 0 Å². The van der Waals surface area contributed by atoms with Crippen LogP contribution < -0.4 is 5.30 Å². The predicted molar refractivity (Wildman–Crippen MR) is 85.9 cm³/mol. The molecule has 0 aromatic heterocycles. The Bertz CT molecular complexity index is 596. The summed E-state index contributed by atoms with van der Waals surface area (Å²) in [6.07, 6.45) is 4.52. The monoisotopic (exact) mass is 303 g/mol. The van der Waals surface area contributed by atoms with Crippen LogP contribution in [0.15, 0.2) is 48.5 Å². The highest BCUT2D eigenvalue weighted by Crippen LogP contribution is 2.29. The van der Waals surface area contributed by atoms with Gasteiger partial charge in [0.05, 0.1) is 0 Å². The Morgan fingerprint density at radius 3 is 2.43 bits per heavy atom. The zero-order valence-corrected chi connectivity index (χ0v) is 12.8. The van der Waals surface area contributed by atoms with Crippen LogP contribution in [0.3, 0.4) is 0 Å². The van der Waals surface area contributed by atoms with Crippen molar-refractivity contribution in [1.29, 1.82) is 0 Å².